The van der Waals surface area contributed by atoms with Crippen LogP contribution < -0.4 is 5.73 Å². The molecule has 0 aliphatic rings. The number of anilines is 1. The highest BCUT2D eigenvalue weighted by molar-refractivity contribution is 7.84. The van der Waals surface area contributed by atoms with Crippen LogP contribution in [0.1, 0.15) is 5.56 Å². The molecule has 2 aromatic carbocycles. The number of rotatable bonds is 3. The van der Waals surface area contributed by atoms with Crippen LogP contribution in [0.5, 0.6) is 0 Å². The summed E-state index contributed by atoms with van der Waals surface area (Å²) in [7, 11) is -1.58. The highest BCUT2D eigenvalue weighted by Gasteiger charge is 2.10. The van der Waals surface area contributed by atoms with E-state index in [4.69, 9.17) is 5.73 Å². The predicted octanol–water partition coefficient (Wildman–Crippen LogP) is 2.99. The molecule has 2 aromatic rings. The van der Waals surface area contributed by atoms with Gasteiger partial charge in [0.15, 0.2) is 11.6 Å². The van der Waals surface area contributed by atoms with Crippen molar-refractivity contribution in [2.75, 3.05) is 5.73 Å². The van der Waals surface area contributed by atoms with E-state index in [1.54, 1.807) is 0 Å². The van der Waals surface area contributed by atoms with Crippen LogP contribution >= 0.6 is 0 Å². The molecule has 0 aliphatic heterocycles. The Hall–Kier alpha value is -1.82. The second kappa shape index (κ2) is 5.44. The molecule has 0 fully saturated rings. The van der Waals surface area contributed by atoms with E-state index < -0.39 is 28.3 Å². The van der Waals surface area contributed by atoms with Crippen molar-refractivity contribution in [3.63, 3.8) is 0 Å². The SMILES string of the molecule is Nc1ccc(CS(=O)c2ccc(F)c(F)c2)cc1F. The van der Waals surface area contributed by atoms with Crippen molar-refractivity contribution in [1.29, 1.82) is 0 Å². The number of benzene rings is 2. The molecular formula is C13H10F3NOS. The van der Waals surface area contributed by atoms with E-state index in [0.717, 1.165) is 12.1 Å². The topological polar surface area (TPSA) is 43.1 Å². The lowest BCUT2D eigenvalue weighted by Crippen LogP contribution is -2.00. The van der Waals surface area contributed by atoms with Crippen molar-refractivity contribution in [1.82, 2.24) is 0 Å². The fourth-order valence-corrected chi connectivity index (χ4v) is 2.62. The summed E-state index contributed by atoms with van der Waals surface area (Å²) < 4.78 is 50.9. The van der Waals surface area contributed by atoms with Gasteiger partial charge in [-0.1, -0.05) is 6.07 Å². The van der Waals surface area contributed by atoms with Crippen molar-refractivity contribution >= 4 is 16.5 Å². The molecule has 0 aliphatic carbocycles. The Kier molecular flexibility index (Phi) is 3.90. The molecule has 0 aromatic heterocycles. The third kappa shape index (κ3) is 3.14. The van der Waals surface area contributed by atoms with E-state index in [1.807, 2.05) is 0 Å². The average molecular weight is 285 g/mol. The number of halogens is 3. The van der Waals surface area contributed by atoms with E-state index in [2.05, 4.69) is 0 Å². The van der Waals surface area contributed by atoms with Crippen LogP contribution in [0.3, 0.4) is 0 Å². The molecular weight excluding hydrogens is 275 g/mol. The Labute approximate surface area is 110 Å². The van der Waals surface area contributed by atoms with Crippen molar-refractivity contribution in [3.05, 3.63) is 59.4 Å². The molecule has 0 spiro atoms. The number of hydrogen-bond donors (Lipinski definition) is 1. The molecule has 0 radical (unpaired) electrons. The molecule has 6 heteroatoms. The van der Waals surface area contributed by atoms with Gasteiger partial charge in [-0.15, -0.1) is 0 Å². The van der Waals surface area contributed by atoms with E-state index in [9.17, 15) is 17.4 Å². The standard InChI is InChI=1S/C13H10F3NOS/c14-10-3-2-9(6-11(10)15)19(18)7-8-1-4-13(17)12(16)5-8/h1-6H,7,17H2. The molecule has 19 heavy (non-hydrogen) atoms. The first-order valence-corrected chi connectivity index (χ1v) is 6.66. The van der Waals surface area contributed by atoms with Crippen LogP contribution in [0, 0.1) is 17.5 Å². The van der Waals surface area contributed by atoms with Crippen LogP contribution in [-0.4, -0.2) is 4.21 Å². The summed E-state index contributed by atoms with van der Waals surface area (Å²) in [6.07, 6.45) is 0. The Balaban J connectivity index is 2.20. The summed E-state index contributed by atoms with van der Waals surface area (Å²) >= 11 is 0. The highest BCUT2D eigenvalue weighted by Crippen LogP contribution is 2.18. The minimum Gasteiger partial charge on any atom is -0.396 e. The minimum absolute atomic E-state index is 0.00218. The Morgan fingerprint density at radius 2 is 1.68 bits per heavy atom. The maximum absolute atomic E-state index is 13.2. The molecule has 100 valence electrons. The number of nitrogen functional groups attached to an aromatic ring is 1. The van der Waals surface area contributed by atoms with Crippen LogP contribution in [-0.2, 0) is 16.6 Å². The third-order valence-electron chi connectivity index (χ3n) is 2.52. The monoisotopic (exact) mass is 285 g/mol. The number of hydrogen-bond acceptors (Lipinski definition) is 2. The van der Waals surface area contributed by atoms with Gasteiger partial charge in [-0.05, 0) is 35.9 Å². The first kappa shape index (κ1) is 13.6. The molecule has 2 nitrogen and oxygen atoms in total. The zero-order chi connectivity index (χ0) is 14.0. The van der Waals surface area contributed by atoms with Crippen molar-refractivity contribution in [2.45, 2.75) is 10.6 Å². The van der Waals surface area contributed by atoms with Crippen molar-refractivity contribution in [2.24, 2.45) is 0 Å². The Morgan fingerprint density at radius 1 is 0.947 bits per heavy atom. The van der Waals surface area contributed by atoms with Gasteiger partial charge in [0, 0.05) is 4.90 Å². The van der Waals surface area contributed by atoms with E-state index in [-0.39, 0.29) is 16.3 Å². The van der Waals surface area contributed by atoms with E-state index in [0.29, 0.717) is 5.56 Å². The minimum atomic E-state index is -1.58. The molecule has 0 saturated carbocycles. The molecule has 1 atom stereocenters. The van der Waals surface area contributed by atoms with E-state index >= 15 is 0 Å². The van der Waals surface area contributed by atoms with Gasteiger partial charge in [0.05, 0.1) is 22.2 Å². The summed E-state index contributed by atoms with van der Waals surface area (Å²) in [5, 5.41) is 0. The van der Waals surface area contributed by atoms with Gasteiger partial charge in [0.2, 0.25) is 0 Å². The van der Waals surface area contributed by atoms with Crippen LogP contribution in [0.2, 0.25) is 0 Å². The third-order valence-corrected chi connectivity index (χ3v) is 3.89. The molecule has 2 N–H and O–H groups in total. The summed E-state index contributed by atoms with van der Waals surface area (Å²) in [5.74, 6) is -2.66. The quantitative estimate of drug-likeness (QED) is 0.881. The summed E-state index contributed by atoms with van der Waals surface area (Å²) in [6, 6.07) is 7.10. The van der Waals surface area contributed by atoms with Gasteiger partial charge in [0.1, 0.15) is 5.82 Å². The highest BCUT2D eigenvalue weighted by atomic mass is 32.2. The average Bonchev–Trinajstić information content (AvgIpc) is 2.37. The second-order valence-corrected chi connectivity index (χ2v) is 5.37. The molecule has 0 bridgehead atoms. The lowest BCUT2D eigenvalue weighted by Gasteiger charge is -2.04. The predicted molar refractivity (Wildman–Crippen MR) is 67.3 cm³/mol. The van der Waals surface area contributed by atoms with Crippen LogP contribution in [0.15, 0.2) is 41.3 Å². The van der Waals surface area contributed by atoms with Gasteiger partial charge in [-0.3, -0.25) is 4.21 Å². The molecule has 1 unspecified atom stereocenters. The summed E-state index contributed by atoms with van der Waals surface area (Å²) in [4.78, 5) is 0.149. The van der Waals surface area contributed by atoms with Crippen molar-refractivity contribution in [3.8, 4) is 0 Å². The van der Waals surface area contributed by atoms with Crippen LogP contribution in [0.25, 0.3) is 0 Å². The molecule has 0 amide bonds. The smallest absolute Gasteiger partial charge is 0.160 e. The van der Waals surface area contributed by atoms with Crippen LogP contribution in [0.4, 0.5) is 18.9 Å². The van der Waals surface area contributed by atoms with Gasteiger partial charge < -0.3 is 5.73 Å². The maximum atomic E-state index is 13.2. The van der Waals surface area contributed by atoms with Crippen molar-refractivity contribution < 1.29 is 17.4 Å². The van der Waals surface area contributed by atoms with E-state index in [1.165, 1.54) is 24.3 Å². The summed E-state index contributed by atoms with van der Waals surface area (Å²) in [5.41, 5.74) is 5.79. The lowest BCUT2D eigenvalue weighted by molar-refractivity contribution is 0.505. The largest absolute Gasteiger partial charge is 0.396 e. The maximum Gasteiger partial charge on any atom is 0.160 e. The Bertz CT molecular complexity index is 646. The zero-order valence-corrected chi connectivity index (χ0v) is 10.5. The molecule has 0 saturated heterocycles. The lowest BCUT2D eigenvalue weighted by atomic mass is 10.2. The fraction of sp³-hybridized carbons (Fsp3) is 0.0769. The second-order valence-electron chi connectivity index (χ2n) is 3.92. The normalized spacial score (nSPS) is 12.4. The fourth-order valence-electron chi connectivity index (χ4n) is 1.51. The van der Waals surface area contributed by atoms with Gasteiger partial charge in [0.25, 0.3) is 0 Å². The molecule has 2 rings (SSSR count). The Morgan fingerprint density at radius 3 is 2.32 bits per heavy atom. The zero-order valence-electron chi connectivity index (χ0n) is 9.70. The van der Waals surface area contributed by atoms with Gasteiger partial charge in [-0.25, -0.2) is 13.2 Å². The first-order chi connectivity index (χ1) is 8.97. The summed E-state index contributed by atoms with van der Waals surface area (Å²) in [6.45, 7) is 0. The van der Waals surface area contributed by atoms with Gasteiger partial charge in [-0.2, -0.15) is 0 Å². The first-order valence-electron chi connectivity index (χ1n) is 5.34. The van der Waals surface area contributed by atoms with Gasteiger partial charge >= 0.3 is 0 Å². The number of nitrogens with two attached hydrogens (primary N) is 1. The molecule has 0 heterocycles.